The standard InChI is InChI=1S/C15H21FN4O2.HI/c1-22-14(21)6-7-18-15(17)20-10-8-19(9-11-20)13-4-2-12(16)3-5-13;/h2-5H,6-11H2,1H3,(H2,17,18);1H. The summed E-state index contributed by atoms with van der Waals surface area (Å²) < 4.78 is 17.5. The number of methoxy groups -OCH3 is 1. The third kappa shape index (κ3) is 5.85. The van der Waals surface area contributed by atoms with Crippen LogP contribution < -0.4 is 10.6 Å². The molecule has 0 spiro atoms. The first-order valence-corrected chi connectivity index (χ1v) is 7.22. The van der Waals surface area contributed by atoms with E-state index in [9.17, 15) is 9.18 Å². The lowest BCUT2D eigenvalue weighted by Gasteiger charge is -2.36. The molecule has 1 aliphatic rings. The molecular weight excluding hydrogens is 414 g/mol. The molecule has 0 aliphatic carbocycles. The lowest BCUT2D eigenvalue weighted by atomic mass is 10.2. The fourth-order valence-electron chi connectivity index (χ4n) is 2.31. The molecular formula is C15H22FIN4O2. The predicted molar refractivity (Wildman–Crippen MR) is 98.7 cm³/mol. The van der Waals surface area contributed by atoms with Crippen LogP contribution in [0.15, 0.2) is 29.3 Å². The van der Waals surface area contributed by atoms with Gasteiger partial charge in [-0.15, -0.1) is 24.0 Å². The average molecular weight is 436 g/mol. The number of ether oxygens (including phenoxy) is 1. The summed E-state index contributed by atoms with van der Waals surface area (Å²) in [5.41, 5.74) is 6.94. The van der Waals surface area contributed by atoms with Gasteiger partial charge in [-0.1, -0.05) is 0 Å². The van der Waals surface area contributed by atoms with Crippen LogP contribution in [0.4, 0.5) is 10.1 Å². The van der Waals surface area contributed by atoms with Crippen molar-refractivity contribution in [3.05, 3.63) is 30.1 Å². The number of benzene rings is 1. The van der Waals surface area contributed by atoms with E-state index in [1.165, 1.54) is 19.2 Å². The van der Waals surface area contributed by atoms with Crippen molar-refractivity contribution in [1.29, 1.82) is 0 Å². The van der Waals surface area contributed by atoms with E-state index < -0.39 is 0 Å². The quantitative estimate of drug-likeness (QED) is 0.335. The Balaban J connectivity index is 0.00000264. The molecule has 1 aliphatic heterocycles. The molecule has 1 aromatic rings. The highest BCUT2D eigenvalue weighted by atomic mass is 127. The number of guanidine groups is 1. The van der Waals surface area contributed by atoms with E-state index in [2.05, 4.69) is 14.6 Å². The summed E-state index contributed by atoms with van der Waals surface area (Å²) in [6, 6.07) is 6.48. The Morgan fingerprint density at radius 1 is 1.26 bits per heavy atom. The second-order valence-electron chi connectivity index (χ2n) is 5.02. The van der Waals surface area contributed by atoms with Crippen LogP contribution in [0.2, 0.25) is 0 Å². The predicted octanol–water partition coefficient (Wildman–Crippen LogP) is 1.44. The molecule has 1 fully saturated rings. The Labute approximate surface area is 152 Å². The second kappa shape index (κ2) is 9.53. The van der Waals surface area contributed by atoms with E-state index in [1.54, 1.807) is 12.1 Å². The molecule has 0 bridgehead atoms. The van der Waals surface area contributed by atoms with E-state index >= 15 is 0 Å². The zero-order valence-electron chi connectivity index (χ0n) is 13.1. The number of carbonyl (C=O) groups is 1. The summed E-state index contributed by atoms with van der Waals surface area (Å²) >= 11 is 0. The molecule has 2 rings (SSSR count). The maximum atomic E-state index is 12.9. The molecule has 2 N–H and O–H groups in total. The van der Waals surface area contributed by atoms with Crippen LogP contribution in [-0.4, -0.2) is 56.7 Å². The topological polar surface area (TPSA) is 71.2 Å². The van der Waals surface area contributed by atoms with Gasteiger partial charge in [0.1, 0.15) is 5.82 Å². The Kier molecular flexibility index (Phi) is 8.07. The fourth-order valence-corrected chi connectivity index (χ4v) is 2.31. The molecule has 0 amide bonds. The number of anilines is 1. The van der Waals surface area contributed by atoms with E-state index in [4.69, 9.17) is 5.73 Å². The SMILES string of the molecule is COC(=O)CCN=C(N)N1CCN(c2ccc(F)cc2)CC1.I. The molecule has 1 heterocycles. The number of esters is 1. The van der Waals surface area contributed by atoms with Gasteiger partial charge in [0, 0.05) is 31.9 Å². The minimum atomic E-state index is -0.294. The summed E-state index contributed by atoms with van der Waals surface area (Å²) in [5.74, 6) is -0.0790. The Hall–Kier alpha value is -1.58. The summed E-state index contributed by atoms with van der Waals surface area (Å²) in [7, 11) is 1.35. The van der Waals surface area contributed by atoms with Gasteiger partial charge >= 0.3 is 5.97 Å². The van der Waals surface area contributed by atoms with Crippen LogP contribution in [0.3, 0.4) is 0 Å². The molecule has 0 atom stereocenters. The largest absolute Gasteiger partial charge is 0.469 e. The first-order chi connectivity index (χ1) is 10.6. The summed E-state index contributed by atoms with van der Waals surface area (Å²) in [6.45, 7) is 3.39. The van der Waals surface area contributed by atoms with Gasteiger partial charge in [-0.3, -0.25) is 9.79 Å². The summed E-state index contributed by atoms with van der Waals surface area (Å²) in [4.78, 5) is 19.4. The molecule has 0 aromatic heterocycles. The van der Waals surface area contributed by atoms with Crippen LogP contribution in [0, 0.1) is 5.82 Å². The van der Waals surface area contributed by atoms with Crippen LogP contribution >= 0.6 is 24.0 Å². The van der Waals surface area contributed by atoms with Gasteiger partial charge in [-0.05, 0) is 24.3 Å². The smallest absolute Gasteiger partial charge is 0.307 e. The Bertz CT molecular complexity index is 531. The Morgan fingerprint density at radius 2 is 1.87 bits per heavy atom. The normalized spacial score (nSPS) is 15.1. The van der Waals surface area contributed by atoms with Gasteiger partial charge in [0.25, 0.3) is 0 Å². The fraction of sp³-hybridized carbons (Fsp3) is 0.467. The van der Waals surface area contributed by atoms with Crippen molar-refractivity contribution in [2.45, 2.75) is 6.42 Å². The lowest BCUT2D eigenvalue weighted by Crippen LogP contribution is -2.51. The van der Waals surface area contributed by atoms with Crippen molar-refractivity contribution in [3.63, 3.8) is 0 Å². The number of aliphatic imine (C=N–C) groups is 1. The Morgan fingerprint density at radius 3 is 2.43 bits per heavy atom. The number of nitrogens with two attached hydrogens (primary N) is 1. The van der Waals surface area contributed by atoms with E-state index in [0.29, 0.717) is 12.5 Å². The number of carbonyl (C=O) groups excluding carboxylic acids is 1. The van der Waals surface area contributed by atoms with Gasteiger partial charge in [0.2, 0.25) is 0 Å². The number of hydrogen-bond donors (Lipinski definition) is 1. The van der Waals surface area contributed by atoms with E-state index in [0.717, 1.165) is 31.9 Å². The van der Waals surface area contributed by atoms with E-state index in [-0.39, 0.29) is 42.2 Å². The molecule has 0 unspecified atom stereocenters. The molecule has 0 saturated carbocycles. The minimum Gasteiger partial charge on any atom is -0.469 e. The monoisotopic (exact) mass is 436 g/mol. The van der Waals surface area contributed by atoms with Crippen LogP contribution in [0.5, 0.6) is 0 Å². The molecule has 0 radical (unpaired) electrons. The van der Waals surface area contributed by atoms with Gasteiger partial charge in [-0.2, -0.15) is 0 Å². The van der Waals surface area contributed by atoms with Crippen LogP contribution in [-0.2, 0) is 9.53 Å². The van der Waals surface area contributed by atoms with Gasteiger partial charge in [0.05, 0.1) is 20.1 Å². The average Bonchev–Trinajstić information content (AvgIpc) is 2.55. The zero-order chi connectivity index (χ0) is 15.9. The maximum Gasteiger partial charge on any atom is 0.307 e. The summed E-state index contributed by atoms with van der Waals surface area (Å²) in [6.07, 6.45) is 0.229. The van der Waals surface area contributed by atoms with Crippen molar-refractivity contribution < 1.29 is 13.9 Å². The number of piperazine rings is 1. The van der Waals surface area contributed by atoms with Crippen molar-refractivity contribution in [2.75, 3.05) is 44.7 Å². The number of halogens is 2. The zero-order valence-corrected chi connectivity index (χ0v) is 15.4. The van der Waals surface area contributed by atoms with Crippen molar-refractivity contribution >= 4 is 41.6 Å². The molecule has 6 nitrogen and oxygen atoms in total. The summed E-state index contributed by atoms with van der Waals surface area (Å²) in [5, 5.41) is 0. The van der Waals surface area contributed by atoms with Gasteiger partial charge in [-0.25, -0.2) is 4.39 Å². The highest BCUT2D eigenvalue weighted by Gasteiger charge is 2.18. The first kappa shape index (κ1) is 19.5. The highest BCUT2D eigenvalue weighted by Crippen LogP contribution is 2.16. The highest BCUT2D eigenvalue weighted by molar-refractivity contribution is 14.0. The van der Waals surface area contributed by atoms with Crippen molar-refractivity contribution in [3.8, 4) is 0 Å². The third-order valence-corrected chi connectivity index (χ3v) is 3.61. The lowest BCUT2D eigenvalue weighted by molar-refractivity contribution is -0.140. The molecule has 1 saturated heterocycles. The van der Waals surface area contributed by atoms with Gasteiger partial charge < -0.3 is 20.3 Å². The minimum absolute atomic E-state index is 0. The number of rotatable bonds is 4. The van der Waals surface area contributed by atoms with Crippen molar-refractivity contribution in [2.24, 2.45) is 10.7 Å². The second-order valence-corrected chi connectivity index (χ2v) is 5.02. The third-order valence-electron chi connectivity index (χ3n) is 3.61. The van der Waals surface area contributed by atoms with Crippen LogP contribution in [0.25, 0.3) is 0 Å². The molecule has 1 aromatic carbocycles. The number of hydrogen-bond acceptors (Lipinski definition) is 4. The van der Waals surface area contributed by atoms with Gasteiger partial charge in [0.15, 0.2) is 5.96 Å². The first-order valence-electron chi connectivity index (χ1n) is 7.22. The molecule has 23 heavy (non-hydrogen) atoms. The molecule has 8 heteroatoms. The maximum absolute atomic E-state index is 12.9. The van der Waals surface area contributed by atoms with Crippen molar-refractivity contribution in [1.82, 2.24) is 4.90 Å². The number of nitrogens with zero attached hydrogens (tertiary/aromatic N) is 3. The van der Waals surface area contributed by atoms with E-state index in [1.807, 2.05) is 4.90 Å². The van der Waals surface area contributed by atoms with Crippen LogP contribution in [0.1, 0.15) is 6.42 Å². The molecule has 128 valence electrons.